The molecule has 0 aliphatic heterocycles. The SMILES string of the molecule is C=CCOc1cccc(C[C@H](NC(=O)CCCNC(=O)OC(C)(C)C)[C@H](O)CCl)c1. The third kappa shape index (κ3) is 11.1. The maximum absolute atomic E-state index is 12.3. The van der Waals surface area contributed by atoms with E-state index in [4.69, 9.17) is 21.1 Å². The molecule has 7 nitrogen and oxygen atoms in total. The fourth-order valence-electron chi connectivity index (χ4n) is 2.59. The Kier molecular flexibility index (Phi) is 11.3. The number of alkyl carbamates (subject to hydrolysis) is 1. The summed E-state index contributed by atoms with van der Waals surface area (Å²) >= 11 is 5.81. The van der Waals surface area contributed by atoms with Crippen molar-refractivity contribution in [2.75, 3.05) is 19.0 Å². The van der Waals surface area contributed by atoms with Gasteiger partial charge < -0.3 is 25.2 Å². The standard InChI is InChI=1S/C22H33ClN2O5/c1-5-12-29-17-9-6-8-16(13-17)14-18(19(26)15-23)25-20(27)10-7-11-24-21(28)30-22(2,3)4/h5-6,8-9,13,18-19,26H,1,7,10-12,14-15H2,2-4H3,(H,24,28)(H,25,27)/t18-,19+/m0/s1. The minimum atomic E-state index is -0.895. The molecule has 0 radical (unpaired) electrons. The summed E-state index contributed by atoms with van der Waals surface area (Å²) in [5.41, 5.74) is 0.332. The number of amides is 2. The lowest BCUT2D eigenvalue weighted by Gasteiger charge is -2.23. The second-order valence-electron chi connectivity index (χ2n) is 7.88. The number of aliphatic hydroxyl groups is 1. The topological polar surface area (TPSA) is 96.9 Å². The zero-order valence-corrected chi connectivity index (χ0v) is 18.7. The van der Waals surface area contributed by atoms with E-state index in [1.165, 1.54) is 0 Å². The second-order valence-corrected chi connectivity index (χ2v) is 8.19. The molecule has 2 amide bonds. The Morgan fingerprint density at radius 1 is 1.33 bits per heavy atom. The van der Waals surface area contributed by atoms with Gasteiger partial charge in [0.05, 0.1) is 18.0 Å². The van der Waals surface area contributed by atoms with Crippen molar-refractivity contribution in [1.29, 1.82) is 0 Å². The largest absolute Gasteiger partial charge is 0.490 e. The molecule has 1 aromatic rings. The Morgan fingerprint density at radius 2 is 2.07 bits per heavy atom. The third-order valence-corrected chi connectivity index (χ3v) is 4.26. The highest BCUT2D eigenvalue weighted by Gasteiger charge is 2.21. The van der Waals surface area contributed by atoms with E-state index < -0.39 is 23.8 Å². The number of halogens is 1. The number of carbonyl (C=O) groups is 2. The first kappa shape index (κ1) is 25.8. The summed E-state index contributed by atoms with van der Waals surface area (Å²) in [7, 11) is 0. The number of rotatable bonds is 12. The van der Waals surface area contributed by atoms with Crippen molar-refractivity contribution in [3.05, 3.63) is 42.5 Å². The van der Waals surface area contributed by atoms with Crippen LogP contribution in [0, 0.1) is 0 Å². The van der Waals surface area contributed by atoms with E-state index in [0.29, 0.717) is 31.7 Å². The molecular weight excluding hydrogens is 408 g/mol. The quantitative estimate of drug-likeness (QED) is 0.263. The third-order valence-electron chi connectivity index (χ3n) is 3.94. The molecule has 8 heteroatoms. The smallest absolute Gasteiger partial charge is 0.407 e. The molecule has 0 unspecified atom stereocenters. The summed E-state index contributed by atoms with van der Waals surface area (Å²) < 4.78 is 10.7. The Bertz CT molecular complexity index is 690. The van der Waals surface area contributed by atoms with Gasteiger partial charge in [0.25, 0.3) is 0 Å². The van der Waals surface area contributed by atoms with E-state index >= 15 is 0 Å². The molecule has 3 N–H and O–H groups in total. The van der Waals surface area contributed by atoms with E-state index in [1.807, 2.05) is 24.3 Å². The molecule has 0 spiro atoms. The summed E-state index contributed by atoms with van der Waals surface area (Å²) in [6.45, 7) is 9.67. The highest BCUT2D eigenvalue weighted by molar-refractivity contribution is 6.18. The fraction of sp³-hybridized carbons (Fsp3) is 0.545. The lowest BCUT2D eigenvalue weighted by molar-refractivity contribution is -0.122. The molecule has 0 aliphatic carbocycles. The number of hydrogen-bond acceptors (Lipinski definition) is 5. The van der Waals surface area contributed by atoms with Crippen LogP contribution in [-0.2, 0) is 16.0 Å². The van der Waals surface area contributed by atoms with Gasteiger partial charge in [0.1, 0.15) is 18.0 Å². The van der Waals surface area contributed by atoms with Gasteiger partial charge in [-0.25, -0.2) is 4.79 Å². The number of benzene rings is 1. The first-order chi connectivity index (χ1) is 14.1. The van der Waals surface area contributed by atoms with Gasteiger partial charge >= 0.3 is 6.09 Å². The minimum absolute atomic E-state index is 0.00218. The highest BCUT2D eigenvalue weighted by Crippen LogP contribution is 2.16. The van der Waals surface area contributed by atoms with E-state index in [2.05, 4.69) is 17.2 Å². The van der Waals surface area contributed by atoms with Crippen LogP contribution < -0.4 is 15.4 Å². The first-order valence-corrected chi connectivity index (χ1v) is 10.5. The van der Waals surface area contributed by atoms with Crippen LogP contribution in [0.3, 0.4) is 0 Å². The molecular formula is C22H33ClN2O5. The van der Waals surface area contributed by atoms with Crippen molar-refractivity contribution >= 4 is 23.6 Å². The van der Waals surface area contributed by atoms with Crippen LogP contribution in [0.15, 0.2) is 36.9 Å². The van der Waals surface area contributed by atoms with Crippen LogP contribution in [0.25, 0.3) is 0 Å². The lowest BCUT2D eigenvalue weighted by Crippen LogP contribution is -2.45. The molecule has 2 atom stereocenters. The summed E-state index contributed by atoms with van der Waals surface area (Å²) in [5, 5.41) is 15.7. The molecule has 0 aromatic heterocycles. The number of aliphatic hydroxyl groups excluding tert-OH is 1. The van der Waals surface area contributed by atoms with E-state index in [1.54, 1.807) is 26.8 Å². The number of ether oxygens (including phenoxy) is 2. The van der Waals surface area contributed by atoms with Crippen molar-refractivity contribution in [2.45, 2.75) is 57.8 Å². The van der Waals surface area contributed by atoms with Gasteiger partial charge in [-0.2, -0.15) is 0 Å². The molecule has 0 saturated heterocycles. The number of alkyl halides is 1. The molecule has 30 heavy (non-hydrogen) atoms. The van der Waals surface area contributed by atoms with Crippen LogP contribution in [0.4, 0.5) is 4.79 Å². The van der Waals surface area contributed by atoms with E-state index in [9.17, 15) is 14.7 Å². The summed E-state index contributed by atoms with van der Waals surface area (Å²) in [6, 6.07) is 6.89. The predicted octanol–water partition coefficient (Wildman–Crippen LogP) is 3.18. The highest BCUT2D eigenvalue weighted by atomic mass is 35.5. The Balaban J connectivity index is 2.53. The van der Waals surface area contributed by atoms with Gasteiger partial charge in [0, 0.05) is 13.0 Å². The second kappa shape index (κ2) is 13.1. The fourth-order valence-corrected chi connectivity index (χ4v) is 2.81. The van der Waals surface area contributed by atoms with Crippen LogP contribution in [0.2, 0.25) is 0 Å². The van der Waals surface area contributed by atoms with Gasteiger partial charge in [0.2, 0.25) is 5.91 Å². The Labute approximate surface area is 183 Å². The van der Waals surface area contributed by atoms with Crippen molar-refractivity contribution < 1.29 is 24.2 Å². The zero-order valence-electron chi connectivity index (χ0n) is 17.9. The van der Waals surface area contributed by atoms with Crippen molar-refractivity contribution in [3.63, 3.8) is 0 Å². The molecule has 0 aliphatic rings. The molecule has 0 fully saturated rings. The molecule has 1 aromatic carbocycles. The normalized spacial score (nSPS) is 13.1. The summed E-state index contributed by atoms with van der Waals surface area (Å²) in [6.07, 6.45) is 1.29. The van der Waals surface area contributed by atoms with Crippen LogP contribution >= 0.6 is 11.6 Å². The van der Waals surface area contributed by atoms with Gasteiger partial charge in [-0.05, 0) is 51.3 Å². The van der Waals surface area contributed by atoms with E-state index in [-0.39, 0.29) is 18.2 Å². The van der Waals surface area contributed by atoms with Gasteiger partial charge in [-0.15, -0.1) is 11.6 Å². The molecule has 168 valence electrons. The van der Waals surface area contributed by atoms with Crippen LogP contribution in [0.1, 0.15) is 39.2 Å². The van der Waals surface area contributed by atoms with E-state index in [0.717, 1.165) is 5.56 Å². The maximum atomic E-state index is 12.3. The Morgan fingerprint density at radius 3 is 2.70 bits per heavy atom. The minimum Gasteiger partial charge on any atom is -0.490 e. The van der Waals surface area contributed by atoms with Gasteiger partial charge in [0.15, 0.2) is 0 Å². The van der Waals surface area contributed by atoms with Crippen LogP contribution in [0.5, 0.6) is 5.75 Å². The monoisotopic (exact) mass is 440 g/mol. The number of hydrogen-bond donors (Lipinski definition) is 3. The number of carbonyl (C=O) groups excluding carboxylic acids is 2. The van der Waals surface area contributed by atoms with Crippen molar-refractivity contribution in [1.82, 2.24) is 10.6 Å². The predicted molar refractivity (Wildman–Crippen MR) is 118 cm³/mol. The number of nitrogens with one attached hydrogen (secondary N) is 2. The molecule has 0 heterocycles. The van der Waals surface area contributed by atoms with Crippen molar-refractivity contribution in [3.8, 4) is 5.75 Å². The molecule has 0 bridgehead atoms. The lowest BCUT2D eigenvalue weighted by atomic mass is 10.0. The molecule has 1 rings (SSSR count). The van der Waals surface area contributed by atoms with Crippen molar-refractivity contribution in [2.24, 2.45) is 0 Å². The van der Waals surface area contributed by atoms with Crippen LogP contribution in [-0.4, -0.2) is 53.9 Å². The molecule has 0 saturated carbocycles. The van der Waals surface area contributed by atoms with Gasteiger partial charge in [-0.3, -0.25) is 4.79 Å². The average molecular weight is 441 g/mol. The Hall–Kier alpha value is -2.25. The zero-order chi connectivity index (χ0) is 22.6. The summed E-state index contributed by atoms with van der Waals surface area (Å²) in [5.74, 6) is 0.456. The van der Waals surface area contributed by atoms with Gasteiger partial charge in [-0.1, -0.05) is 24.8 Å². The first-order valence-electron chi connectivity index (χ1n) is 9.97. The average Bonchev–Trinajstić information content (AvgIpc) is 2.67. The maximum Gasteiger partial charge on any atom is 0.407 e. The summed E-state index contributed by atoms with van der Waals surface area (Å²) in [4.78, 5) is 23.9.